The van der Waals surface area contributed by atoms with E-state index in [9.17, 15) is 21.6 Å². The lowest BCUT2D eigenvalue weighted by Gasteiger charge is -2.26. The number of anilines is 2. The molecule has 8 nitrogen and oxygen atoms in total. The van der Waals surface area contributed by atoms with Crippen molar-refractivity contribution in [3.8, 4) is 16.9 Å². The van der Waals surface area contributed by atoms with Crippen LogP contribution in [0.4, 0.5) is 24.8 Å². The third-order valence-corrected chi connectivity index (χ3v) is 8.82. The maximum Gasteiger partial charge on any atom is 0.573 e. The van der Waals surface area contributed by atoms with Crippen LogP contribution < -0.4 is 20.5 Å². The van der Waals surface area contributed by atoms with Gasteiger partial charge in [0, 0.05) is 29.4 Å². The molecule has 3 aromatic carbocycles. The Hall–Kier alpha value is -3.90. The predicted molar refractivity (Wildman–Crippen MR) is 157 cm³/mol. The zero-order valence-electron chi connectivity index (χ0n) is 23.2. The molecule has 0 aliphatic heterocycles. The SMILES string of the molecule is CCc1cc(-c2ccc(NS(=O)(=O)c3ccccc3OC(F)(F)F)cc2C)cc2cnc(N[C@H]3CC[C@H](N)CC3)nc12. The lowest BCUT2D eigenvalue weighted by atomic mass is 9.92. The molecule has 0 amide bonds. The maximum atomic E-state index is 13.0. The van der Waals surface area contributed by atoms with E-state index in [0.29, 0.717) is 12.0 Å². The smallest absolute Gasteiger partial charge is 0.404 e. The number of rotatable bonds is 8. The largest absolute Gasteiger partial charge is 0.573 e. The van der Waals surface area contributed by atoms with Crippen molar-refractivity contribution in [1.82, 2.24) is 9.97 Å². The van der Waals surface area contributed by atoms with Crippen LogP contribution in [0.5, 0.6) is 5.75 Å². The Bertz CT molecular complexity index is 1700. The minimum atomic E-state index is -5.03. The molecule has 1 aliphatic carbocycles. The van der Waals surface area contributed by atoms with Crippen LogP contribution in [-0.2, 0) is 16.4 Å². The van der Waals surface area contributed by atoms with Gasteiger partial charge in [0.25, 0.3) is 10.0 Å². The summed E-state index contributed by atoms with van der Waals surface area (Å²) in [4.78, 5) is 8.75. The number of aromatic nitrogens is 2. The van der Waals surface area contributed by atoms with Gasteiger partial charge in [-0.1, -0.05) is 25.1 Å². The zero-order chi connectivity index (χ0) is 30.1. The van der Waals surface area contributed by atoms with Gasteiger partial charge >= 0.3 is 6.36 Å². The van der Waals surface area contributed by atoms with Crippen molar-refractivity contribution in [2.24, 2.45) is 5.73 Å². The van der Waals surface area contributed by atoms with E-state index in [-0.39, 0.29) is 11.7 Å². The van der Waals surface area contributed by atoms with Crippen molar-refractivity contribution in [2.75, 3.05) is 10.0 Å². The van der Waals surface area contributed by atoms with E-state index in [0.717, 1.165) is 77.4 Å². The summed E-state index contributed by atoms with van der Waals surface area (Å²) in [5.74, 6) is -0.210. The van der Waals surface area contributed by atoms with Crippen molar-refractivity contribution in [3.05, 3.63) is 71.9 Å². The highest BCUT2D eigenvalue weighted by Gasteiger charge is 2.34. The number of hydrogen-bond acceptors (Lipinski definition) is 7. The fourth-order valence-corrected chi connectivity index (χ4v) is 6.48. The van der Waals surface area contributed by atoms with Gasteiger partial charge in [-0.3, -0.25) is 4.72 Å². The summed E-state index contributed by atoms with van der Waals surface area (Å²) in [6.45, 7) is 3.89. The van der Waals surface area contributed by atoms with Gasteiger partial charge in [-0.25, -0.2) is 18.4 Å². The van der Waals surface area contributed by atoms with Crippen LogP contribution in [0, 0.1) is 6.92 Å². The molecule has 4 aromatic rings. The summed E-state index contributed by atoms with van der Waals surface area (Å²) < 4.78 is 70.7. The van der Waals surface area contributed by atoms with Crippen LogP contribution in [0.2, 0.25) is 0 Å². The molecular weight excluding hydrogens is 567 g/mol. The zero-order valence-corrected chi connectivity index (χ0v) is 24.0. The fourth-order valence-electron chi connectivity index (χ4n) is 5.30. The first kappa shape index (κ1) is 29.6. The molecule has 1 aliphatic rings. The average molecular weight is 600 g/mol. The maximum absolute atomic E-state index is 13.0. The van der Waals surface area contributed by atoms with Crippen LogP contribution in [-0.4, -0.2) is 36.8 Å². The monoisotopic (exact) mass is 599 g/mol. The van der Waals surface area contributed by atoms with Gasteiger partial charge in [-0.15, -0.1) is 13.2 Å². The molecule has 4 N–H and O–H groups in total. The number of sulfonamides is 1. The number of nitrogens with zero attached hydrogens (tertiary/aromatic N) is 2. The predicted octanol–water partition coefficient (Wildman–Crippen LogP) is 6.55. The fraction of sp³-hybridized carbons (Fsp3) is 0.333. The van der Waals surface area contributed by atoms with Crippen LogP contribution in [0.1, 0.15) is 43.7 Å². The first-order chi connectivity index (χ1) is 19.9. The Morgan fingerprint density at radius 1 is 1.05 bits per heavy atom. The summed E-state index contributed by atoms with van der Waals surface area (Å²) in [7, 11) is -4.37. The van der Waals surface area contributed by atoms with E-state index in [1.54, 1.807) is 24.4 Å². The molecule has 0 saturated heterocycles. The molecule has 1 aromatic heterocycles. The molecule has 42 heavy (non-hydrogen) atoms. The van der Waals surface area contributed by atoms with Gasteiger partial charge < -0.3 is 15.8 Å². The quantitative estimate of drug-likeness (QED) is 0.210. The van der Waals surface area contributed by atoms with Crippen LogP contribution in [0.15, 0.2) is 65.7 Å². The number of alkyl halides is 3. The van der Waals surface area contributed by atoms with Crippen LogP contribution in [0.25, 0.3) is 22.0 Å². The van der Waals surface area contributed by atoms with Crippen molar-refractivity contribution in [1.29, 1.82) is 0 Å². The van der Waals surface area contributed by atoms with Crippen molar-refractivity contribution >= 4 is 32.6 Å². The number of nitrogens with one attached hydrogen (secondary N) is 2. The Balaban J connectivity index is 1.39. The standard InChI is InChI=1S/C30H32F3N5O3S/c1-3-19-15-20(16-21-17-35-29(37-28(19)21)36-23-10-8-22(34)9-11-23)25-13-12-24(14-18(25)2)38-42(39,40)27-7-5-4-6-26(27)41-30(31,32)33/h4-7,12-17,22-23,38H,3,8-11,34H2,1-2H3,(H,35,36,37)/t22-,23-. The minimum Gasteiger partial charge on any atom is -0.404 e. The van der Waals surface area contributed by atoms with Crippen molar-refractivity contribution < 1.29 is 26.3 Å². The van der Waals surface area contributed by atoms with Crippen molar-refractivity contribution in [2.45, 2.75) is 69.3 Å². The van der Waals surface area contributed by atoms with Gasteiger partial charge in [0.1, 0.15) is 10.6 Å². The normalized spacial score (nSPS) is 17.7. The Kier molecular flexibility index (Phi) is 8.29. The van der Waals surface area contributed by atoms with E-state index in [4.69, 9.17) is 10.7 Å². The third kappa shape index (κ3) is 6.76. The summed E-state index contributed by atoms with van der Waals surface area (Å²) in [6, 6.07) is 14.2. The molecule has 1 fully saturated rings. The number of benzene rings is 3. The second kappa shape index (κ2) is 11.8. The molecule has 1 saturated carbocycles. The van der Waals surface area contributed by atoms with Gasteiger partial charge in [-0.05, 0) is 97.7 Å². The molecule has 0 unspecified atom stereocenters. The molecule has 0 spiro atoms. The molecule has 1 heterocycles. The third-order valence-electron chi connectivity index (χ3n) is 7.40. The summed E-state index contributed by atoms with van der Waals surface area (Å²) in [5, 5.41) is 4.33. The molecular formula is C30H32F3N5O3S. The van der Waals surface area contributed by atoms with Crippen LogP contribution in [0.3, 0.4) is 0 Å². The first-order valence-electron chi connectivity index (χ1n) is 13.7. The highest BCUT2D eigenvalue weighted by Crippen LogP contribution is 2.34. The molecule has 12 heteroatoms. The van der Waals surface area contributed by atoms with Gasteiger partial charge in [0.05, 0.1) is 5.52 Å². The van der Waals surface area contributed by atoms with Gasteiger partial charge in [-0.2, -0.15) is 0 Å². The second-order valence-corrected chi connectivity index (χ2v) is 12.2. The topological polar surface area (TPSA) is 119 Å². The molecule has 0 bridgehead atoms. The Morgan fingerprint density at radius 3 is 2.48 bits per heavy atom. The molecule has 0 radical (unpaired) electrons. The number of aryl methyl sites for hydroxylation is 2. The number of ether oxygens (including phenoxy) is 1. The summed E-state index contributed by atoms with van der Waals surface area (Å²) >= 11 is 0. The highest BCUT2D eigenvalue weighted by atomic mass is 32.2. The van der Waals surface area contributed by atoms with Crippen LogP contribution >= 0.6 is 0 Å². The van der Waals surface area contributed by atoms with E-state index < -0.39 is 27.0 Å². The number of para-hydroxylation sites is 1. The lowest BCUT2D eigenvalue weighted by Crippen LogP contribution is -2.33. The van der Waals surface area contributed by atoms with E-state index in [2.05, 4.69) is 32.7 Å². The average Bonchev–Trinajstić information content (AvgIpc) is 2.93. The lowest BCUT2D eigenvalue weighted by molar-refractivity contribution is -0.275. The highest BCUT2D eigenvalue weighted by molar-refractivity contribution is 7.92. The summed E-state index contributed by atoms with van der Waals surface area (Å²) in [5.41, 5.74) is 10.7. The molecule has 222 valence electrons. The Morgan fingerprint density at radius 2 is 1.79 bits per heavy atom. The summed E-state index contributed by atoms with van der Waals surface area (Å²) in [6.07, 6.45) is 1.45. The molecule has 0 atom stereocenters. The Labute approximate surface area is 242 Å². The van der Waals surface area contributed by atoms with E-state index >= 15 is 0 Å². The molecule has 5 rings (SSSR count). The number of fused-ring (bicyclic) bond motifs is 1. The first-order valence-corrected chi connectivity index (χ1v) is 15.2. The minimum absolute atomic E-state index is 0.206. The second-order valence-electron chi connectivity index (χ2n) is 10.5. The number of nitrogens with two attached hydrogens (primary N) is 1. The van der Waals surface area contributed by atoms with E-state index in [1.807, 2.05) is 13.0 Å². The van der Waals surface area contributed by atoms with Gasteiger partial charge in [0.15, 0.2) is 0 Å². The number of halogens is 3. The number of hydrogen-bond donors (Lipinski definition) is 3. The van der Waals surface area contributed by atoms with E-state index in [1.165, 1.54) is 12.1 Å². The van der Waals surface area contributed by atoms with Gasteiger partial charge in [0.2, 0.25) is 5.95 Å². The van der Waals surface area contributed by atoms with Crippen molar-refractivity contribution in [3.63, 3.8) is 0 Å².